The summed E-state index contributed by atoms with van der Waals surface area (Å²) in [5.41, 5.74) is 1.82. The number of furan rings is 1. The van der Waals surface area contributed by atoms with Gasteiger partial charge in [0, 0.05) is 19.1 Å². The summed E-state index contributed by atoms with van der Waals surface area (Å²) in [6.45, 7) is 3.21. The lowest BCUT2D eigenvalue weighted by Gasteiger charge is -2.32. The average Bonchev–Trinajstić information content (AvgIpc) is 3.21. The Kier molecular flexibility index (Phi) is 6.10. The molecule has 0 bridgehead atoms. The molecule has 5 nitrogen and oxygen atoms in total. The standard InChI is InChI=1S/C21H26N2O3/c1-16(9-10-17-6-3-2-4-7-17)22-20(24)18-8-5-12-23(14-18)21(25)19-11-13-26-15-19/h2-4,6-7,11,13,15-16,18H,5,8-10,12,14H2,1H3,(H,22,24)/t16-,18+/m1/s1. The first-order valence-electron chi connectivity index (χ1n) is 9.29. The molecule has 0 spiro atoms. The van der Waals surface area contributed by atoms with Crippen LogP contribution in [-0.2, 0) is 11.2 Å². The first-order valence-corrected chi connectivity index (χ1v) is 9.29. The third kappa shape index (κ3) is 4.75. The minimum Gasteiger partial charge on any atom is -0.472 e. The Morgan fingerprint density at radius 2 is 2.08 bits per heavy atom. The molecular formula is C21H26N2O3. The lowest BCUT2D eigenvalue weighted by Crippen LogP contribution is -2.47. The Morgan fingerprint density at radius 1 is 1.27 bits per heavy atom. The fraction of sp³-hybridized carbons (Fsp3) is 0.429. The smallest absolute Gasteiger partial charge is 0.257 e. The maximum atomic E-state index is 12.6. The van der Waals surface area contributed by atoms with E-state index in [0.717, 1.165) is 25.7 Å². The van der Waals surface area contributed by atoms with Crippen LogP contribution in [0.5, 0.6) is 0 Å². The highest BCUT2D eigenvalue weighted by Gasteiger charge is 2.29. The van der Waals surface area contributed by atoms with Gasteiger partial charge < -0.3 is 14.6 Å². The minimum absolute atomic E-state index is 0.0512. The first kappa shape index (κ1) is 18.2. The molecule has 5 heteroatoms. The quantitative estimate of drug-likeness (QED) is 0.866. The molecule has 26 heavy (non-hydrogen) atoms. The summed E-state index contributed by atoms with van der Waals surface area (Å²) < 4.78 is 4.99. The molecule has 1 aliphatic heterocycles. The number of carbonyl (C=O) groups is 2. The Hall–Kier alpha value is -2.56. The van der Waals surface area contributed by atoms with Crippen molar-refractivity contribution in [3.8, 4) is 0 Å². The molecule has 2 aromatic rings. The molecule has 1 N–H and O–H groups in total. The van der Waals surface area contributed by atoms with Crippen LogP contribution < -0.4 is 5.32 Å². The zero-order valence-electron chi connectivity index (χ0n) is 15.2. The number of amides is 2. The highest BCUT2D eigenvalue weighted by molar-refractivity contribution is 5.94. The van der Waals surface area contributed by atoms with E-state index in [4.69, 9.17) is 4.42 Å². The number of nitrogens with zero attached hydrogens (tertiary/aromatic N) is 1. The maximum absolute atomic E-state index is 12.6. The molecule has 1 saturated heterocycles. The van der Waals surface area contributed by atoms with Gasteiger partial charge in [-0.3, -0.25) is 9.59 Å². The van der Waals surface area contributed by atoms with Gasteiger partial charge in [-0.2, -0.15) is 0 Å². The number of piperidine rings is 1. The van der Waals surface area contributed by atoms with Gasteiger partial charge in [0.25, 0.3) is 5.91 Å². The van der Waals surface area contributed by atoms with Crippen LogP contribution in [0.25, 0.3) is 0 Å². The van der Waals surface area contributed by atoms with Crippen LogP contribution in [-0.4, -0.2) is 35.8 Å². The number of benzene rings is 1. The summed E-state index contributed by atoms with van der Waals surface area (Å²) in [7, 11) is 0. The number of nitrogens with one attached hydrogen (secondary N) is 1. The van der Waals surface area contributed by atoms with Gasteiger partial charge in [-0.25, -0.2) is 0 Å². The van der Waals surface area contributed by atoms with Gasteiger partial charge in [0.05, 0.1) is 17.7 Å². The van der Waals surface area contributed by atoms with Crippen molar-refractivity contribution in [3.05, 3.63) is 60.1 Å². The van der Waals surface area contributed by atoms with Crippen LogP contribution in [0.15, 0.2) is 53.3 Å². The maximum Gasteiger partial charge on any atom is 0.257 e. The van der Waals surface area contributed by atoms with Crippen molar-refractivity contribution >= 4 is 11.8 Å². The summed E-state index contributed by atoms with van der Waals surface area (Å²) in [5.74, 6) is -0.151. The van der Waals surface area contributed by atoms with Crippen LogP contribution >= 0.6 is 0 Å². The molecule has 1 aromatic heterocycles. The highest BCUT2D eigenvalue weighted by Crippen LogP contribution is 2.19. The van der Waals surface area contributed by atoms with Crippen LogP contribution in [0.4, 0.5) is 0 Å². The van der Waals surface area contributed by atoms with Gasteiger partial charge in [0.1, 0.15) is 6.26 Å². The Morgan fingerprint density at radius 3 is 2.81 bits per heavy atom. The fourth-order valence-corrected chi connectivity index (χ4v) is 3.41. The number of aryl methyl sites for hydroxylation is 1. The van der Waals surface area contributed by atoms with Crippen LogP contribution in [0.2, 0.25) is 0 Å². The first-order chi connectivity index (χ1) is 12.6. The minimum atomic E-state index is -0.140. The van der Waals surface area contributed by atoms with Crippen molar-refractivity contribution in [2.75, 3.05) is 13.1 Å². The number of likely N-dealkylation sites (tertiary alicyclic amines) is 1. The molecule has 2 atom stereocenters. The van der Waals surface area contributed by atoms with E-state index in [1.165, 1.54) is 18.1 Å². The third-order valence-corrected chi connectivity index (χ3v) is 4.95. The lowest BCUT2D eigenvalue weighted by atomic mass is 9.96. The van der Waals surface area contributed by atoms with E-state index >= 15 is 0 Å². The van der Waals surface area contributed by atoms with E-state index in [1.54, 1.807) is 11.0 Å². The summed E-state index contributed by atoms with van der Waals surface area (Å²) >= 11 is 0. The van der Waals surface area contributed by atoms with Crippen molar-refractivity contribution in [1.29, 1.82) is 0 Å². The molecule has 2 amide bonds. The van der Waals surface area contributed by atoms with Gasteiger partial charge in [0.2, 0.25) is 5.91 Å². The van der Waals surface area contributed by atoms with Gasteiger partial charge in [0.15, 0.2) is 0 Å². The van der Waals surface area contributed by atoms with Crippen molar-refractivity contribution in [3.63, 3.8) is 0 Å². The number of hydrogen-bond acceptors (Lipinski definition) is 3. The van der Waals surface area contributed by atoms with Crippen LogP contribution in [0.3, 0.4) is 0 Å². The Bertz CT molecular complexity index is 712. The molecular weight excluding hydrogens is 328 g/mol. The molecule has 1 aromatic carbocycles. The van der Waals surface area contributed by atoms with Gasteiger partial charge in [-0.05, 0) is 44.2 Å². The second-order valence-electron chi connectivity index (χ2n) is 7.04. The van der Waals surface area contributed by atoms with Crippen molar-refractivity contribution in [1.82, 2.24) is 10.2 Å². The van der Waals surface area contributed by atoms with E-state index in [0.29, 0.717) is 18.7 Å². The Balaban J connectivity index is 1.48. The van der Waals surface area contributed by atoms with Crippen molar-refractivity contribution < 1.29 is 14.0 Å². The zero-order chi connectivity index (χ0) is 18.4. The highest BCUT2D eigenvalue weighted by atomic mass is 16.3. The topological polar surface area (TPSA) is 62.6 Å². The second-order valence-corrected chi connectivity index (χ2v) is 7.04. The molecule has 2 heterocycles. The van der Waals surface area contributed by atoms with Crippen LogP contribution in [0.1, 0.15) is 42.1 Å². The SMILES string of the molecule is C[C@H](CCc1ccccc1)NC(=O)[C@H]1CCCN(C(=O)c2ccoc2)C1. The van der Waals surface area contributed by atoms with E-state index in [2.05, 4.69) is 17.4 Å². The van der Waals surface area contributed by atoms with Gasteiger partial charge in [-0.1, -0.05) is 30.3 Å². The average molecular weight is 354 g/mol. The second kappa shape index (κ2) is 8.70. The molecule has 138 valence electrons. The third-order valence-electron chi connectivity index (χ3n) is 4.95. The molecule has 1 fully saturated rings. The number of carbonyl (C=O) groups excluding carboxylic acids is 2. The molecule has 0 saturated carbocycles. The predicted octanol–water partition coefficient (Wildman–Crippen LogP) is 3.27. The monoisotopic (exact) mass is 354 g/mol. The molecule has 3 rings (SSSR count). The van der Waals surface area contributed by atoms with Gasteiger partial charge >= 0.3 is 0 Å². The molecule has 0 unspecified atom stereocenters. The van der Waals surface area contributed by atoms with Crippen LogP contribution in [0, 0.1) is 5.92 Å². The lowest BCUT2D eigenvalue weighted by molar-refractivity contribution is -0.127. The Labute approximate surface area is 154 Å². The normalized spacial score (nSPS) is 18.3. The van der Waals surface area contributed by atoms with Crippen molar-refractivity contribution in [2.45, 2.75) is 38.6 Å². The number of rotatable bonds is 6. The van der Waals surface area contributed by atoms with E-state index in [1.807, 2.05) is 25.1 Å². The number of hydrogen-bond donors (Lipinski definition) is 1. The predicted molar refractivity (Wildman–Crippen MR) is 99.7 cm³/mol. The summed E-state index contributed by atoms with van der Waals surface area (Å²) in [6, 6.07) is 12.1. The zero-order valence-corrected chi connectivity index (χ0v) is 15.2. The summed E-state index contributed by atoms with van der Waals surface area (Å²) in [5, 5.41) is 3.12. The van der Waals surface area contributed by atoms with E-state index < -0.39 is 0 Å². The molecule has 0 radical (unpaired) electrons. The van der Waals surface area contributed by atoms with Crippen molar-refractivity contribution in [2.24, 2.45) is 5.92 Å². The molecule has 0 aliphatic carbocycles. The molecule has 1 aliphatic rings. The van der Waals surface area contributed by atoms with Gasteiger partial charge in [-0.15, -0.1) is 0 Å². The largest absolute Gasteiger partial charge is 0.472 e. The van der Waals surface area contributed by atoms with E-state index in [-0.39, 0.29) is 23.8 Å². The summed E-state index contributed by atoms with van der Waals surface area (Å²) in [4.78, 5) is 26.8. The van der Waals surface area contributed by atoms with E-state index in [9.17, 15) is 9.59 Å². The fourth-order valence-electron chi connectivity index (χ4n) is 3.41. The summed E-state index contributed by atoms with van der Waals surface area (Å²) in [6.07, 6.45) is 6.47.